The third kappa shape index (κ3) is 2.99. The first-order valence-electron chi connectivity index (χ1n) is 8.98. The Kier molecular flexibility index (Phi) is 4.31. The van der Waals surface area contributed by atoms with Crippen molar-refractivity contribution in [2.24, 2.45) is 5.92 Å². The summed E-state index contributed by atoms with van der Waals surface area (Å²) in [5.74, 6) is 0.715. The molecular weight excluding hydrogens is 292 g/mol. The van der Waals surface area contributed by atoms with E-state index in [0.717, 1.165) is 32.4 Å². The fourth-order valence-corrected chi connectivity index (χ4v) is 4.50. The largest absolute Gasteiger partial charge is 0.336 e. The molecule has 2 N–H and O–H groups in total. The van der Waals surface area contributed by atoms with Gasteiger partial charge in [-0.05, 0) is 25.7 Å². The maximum atomic E-state index is 13.1. The van der Waals surface area contributed by atoms with Crippen LogP contribution in [0.3, 0.4) is 0 Å². The van der Waals surface area contributed by atoms with Gasteiger partial charge in [-0.2, -0.15) is 0 Å². The summed E-state index contributed by atoms with van der Waals surface area (Å²) < 4.78 is 1.84. The summed E-state index contributed by atoms with van der Waals surface area (Å²) >= 11 is 0. The molecule has 2 aliphatic heterocycles. The standard InChI is InChI=1S/C16H26N6O/c23-16(15-13-6-2-1-3-7-14(13)18-19-15)22-9-4-5-12(22)11-21-10-8-17-20-21/h8,10,12-15,18-19H,1-7,9,11H2/t12-,13?,14?,15?/m0/s1. The van der Waals surface area contributed by atoms with Crippen molar-refractivity contribution in [1.29, 1.82) is 0 Å². The van der Waals surface area contributed by atoms with Gasteiger partial charge in [0.25, 0.3) is 0 Å². The van der Waals surface area contributed by atoms with Gasteiger partial charge in [0.2, 0.25) is 5.91 Å². The molecule has 3 heterocycles. The van der Waals surface area contributed by atoms with Crippen molar-refractivity contribution in [3.63, 3.8) is 0 Å². The molecule has 3 aliphatic rings. The summed E-state index contributed by atoms with van der Waals surface area (Å²) in [6, 6.07) is 0.646. The molecule has 0 bridgehead atoms. The molecule has 1 saturated carbocycles. The first-order valence-corrected chi connectivity index (χ1v) is 8.98. The molecule has 0 radical (unpaired) electrons. The van der Waals surface area contributed by atoms with E-state index in [-0.39, 0.29) is 18.0 Å². The molecule has 3 unspecified atom stereocenters. The zero-order chi connectivity index (χ0) is 15.6. The summed E-state index contributed by atoms with van der Waals surface area (Å²) in [5, 5.41) is 7.91. The van der Waals surface area contributed by atoms with Gasteiger partial charge >= 0.3 is 0 Å². The molecule has 7 nitrogen and oxygen atoms in total. The van der Waals surface area contributed by atoms with E-state index in [9.17, 15) is 4.79 Å². The number of amides is 1. The molecule has 0 aromatic carbocycles. The second kappa shape index (κ2) is 6.57. The lowest BCUT2D eigenvalue weighted by Crippen LogP contribution is -2.50. The normalized spacial score (nSPS) is 34.3. The van der Waals surface area contributed by atoms with Crippen LogP contribution in [0.15, 0.2) is 12.4 Å². The van der Waals surface area contributed by atoms with Gasteiger partial charge < -0.3 is 4.90 Å². The third-order valence-electron chi connectivity index (χ3n) is 5.72. The highest BCUT2D eigenvalue weighted by molar-refractivity contribution is 5.83. The molecule has 1 amide bonds. The minimum absolute atomic E-state index is 0.0607. The maximum absolute atomic E-state index is 13.1. The molecule has 7 heteroatoms. The van der Waals surface area contributed by atoms with Crippen LogP contribution in [-0.4, -0.2) is 50.5 Å². The van der Waals surface area contributed by atoms with Crippen LogP contribution in [0.2, 0.25) is 0 Å². The van der Waals surface area contributed by atoms with Crippen LogP contribution in [0.5, 0.6) is 0 Å². The lowest BCUT2D eigenvalue weighted by Gasteiger charge is -2.29. The number of rotatable bonds is 3. The minimum Gasteiger partial charge on any atom is -0.336 e. The van der Waals surface area contributed by atoms with Gasteiger partial charge in [0, 0.05) is 24.7 Å². The van der Waals surface area contributed by atoms with Crippen LogP contribution >= 0.6 is 0 Å². The number of fused-ring (bicyclic) bond motifs is 1. The Balaban J connectivity index is 1.45. The van der Waals surface area contributed by atoms with Gasteiger partial charge in [-0.1, -0.05) is 24.5 Å². The quantitative estimate of drug-likeness (QED) is 0.858. The summed E-state index contributed by atoms with van der Waals surface area (Å²) in [7, 11) is 0. The van der Waals surface area contributed by atoms with Crippen molar-refractivity contribution in [2.75, 3.05) is 6.54 Å². The van der Waals surface area contributed by atoms with Crippen LogP contribution in [0.1, 0.15) is 44.9 Å². The minimum atomic E-state index is -0.0607. The second-order valence-electron chi connectivity index (χ2n) is 7.13. The molecule has 1 aromatic heterocycles. The first-order chi connectivity index (χ1) is 11.3. The number of likely N-dealkylation sites (tertiary alicyclic amines) is 1. The summed E-state index contributed by atoms with van der Waals surface area (Å²) in [4.78, 5) is 15.2. The van der Waals surface area contributed by atoms with Crippen LogP contribution < -0.4 is 10.9 Å². The van der Waals surface area contributed by atoms with Gasteiger partial charge in [0.15, 0.2) is 0 Å². The third-order valence-corrected chi connectivity index (χ3v) is 5.72. The van der Waals surface area contributed by atoms with E-state index in [2.05, 4.69) is 26.1 Å². The number of hydrogen-bond acceptors (Lipinski definition) is 5. The van der Waals surface area contributed by atoms with E-state index in [0.29, 0.717) is 12.0 Å². The van der Waals surface area contributed by atoms with Crippen LogP contribution in [0, 0.1) is 5.92 Å². The Morgan fingerprint density at radius 3 is 2.91 bits per heavy atom. The van der Waals surface area contributed by atoms with Gasteiger partial charge in [-0.3, -0.25) is 14.9 Å². The summed E-state index contributed by atoms with van der Waals surface area (Å²) in [5.41, 5.74) is 6.69. The van der Waals surface area contributed by atoms with Gasteiger partial charge in [0.05, 0.1) is 18.8 Å². The predicted molar refractivity (Wildman–Crippen MR) is 85.2 cm³/mol. The average molecular weight is 318 g/mol. The summed E-state index contributed by atoms with van der Waals surface area (Å²) in [6.45, 7) is 1.62. The smallest absolute Gasteiger partial charge is 0.241 e. The molecule has 4 rings (SSSR count). The Labute approximate surface area is 136 Å². The molecule has 2 saturated heterocycles. The molecule has 0 spiro atoms. The molecule has 1 aromatic rings. The van der Waals surface area contributed by atoms with Crippen molar-refractivity contribution >= 4 is 5.91 Å². The topological polar surface area (TPSA) is 75.1 Å². The van der Waals surface area contributed by atoms with E-state index >= 15 is 0 Å². The van der Waals surface area contributed by atoms with Crippen molar-refractivity contribution in [3.05, 3.63) is 12.4 Å². The van der Waals surface area contributed by atoms with Crippen LogP contribution in [0.4, 0.5) is 0 Å². The monoisotopic (exact) mass is 318 g/mol. The fourth-order valence-electron chi connectivity index (χ4n) is 4.50. The molecule has 126 valence electrons. The van der Waals surface area contributed by atoms with Crippen LogP contribution in [0.25, 0.3) is 0 Å². The lowest BCUT2D eigenvalue weighted by atomic mass is 9.89. The van der Waals surface area contributed by atoms with Crippen molar-refractivity contribution in [2.45, 2.75) is 69.6 Å². The SMILES string of the molecule is O=C(C1NNC2CCCCCC21)N1CCC[C@H]1Cn1ccnn1. The number of aromatic nitrogens is 3. The molecular formula is C16H26N6O. The number of nitrogens with zero attached hydrogens (tertiary/aromatic N) is 4. The zero-order valence-corrected chi connectivity index (χ0v) is 13.5. The summed E-state index contributed by atoms with van der Waals surface area (Å²) in [6.07, 6.45) is 11.9. The highest BCUT2D eigenvalue weighted by Gasteiger charge is 2.43. The highest BCUT2D eigenvalue weighted by atomic mass is 16.2. The Morgan fingerprint density at radius 2 is 2.04 bits per heavy atom. The number of carbonyl (C=O) groups excluding carboxylic acids is 1. The average Bonchev–Trinajstić information content (AvgIpc) is 3.27. The fraction of sp³-hybridized carbons (Fsp3) is 0.812. The molecule has 1 aliphatic carbocycles. The van der Waals surface area contributed by atoms with Crippen molar-refractivity contribution in [1.82, 2.24) is 30.7 Å². The predicted octanol–water partition coefficient (Wildman–Crippen LogP) is 0.694. The Hall–Kier alpha value is -1.47. The number of carbonyl (C=O) groups is 1. The van der Waals surface area contributed by atoms with Gasteiger partial charge in [-0.25, -0.2) is 5.43 Å². The number of nitrogens with one attached hydrogen (secondary N) is 2. The van der Waals surface area contributed by atoms with Gasteiger partial charge in [-0.15, -0.1) is 5.10 Å². The Morgan fingerprint density at radius 1 is 1.13 bits per heavy atom. The lowest BCUT2D eigenvalue weighted by molar-refractivity contribution is -0.135. The molecule has 3 fully saturated rings. The van der Waals surface area contributed by atoms with E-state index in [1.807, 2.05) is 10.9 Å². The number of hydrogen-bond donors (Lipinski definition) is 2. The van der Waals surface area contributed by atoms with E-state index < -0.39 is 0 Å². The first kappa shape index (κ1) is 15.1. The maximum Gasteiger partial charge on any atom is 0.241 e. The second-order valence-corrected chi connectivity index (χ2v) is 7.13. The highest BCUT2D eigenvalue weighted by Crippen LogP contribution is 2.31. The van der Waals surface area contributed by atoms with E-state index in [1.165, 1.54) is 25.7 Å². The van der Waals surface area contributed by atoms with E-state index in [1.54, 1.807) is 6.20 Å². The Bertz CT molecular complexity index is 533. The molecule has 23 heavy (non-hydrogen) atoms. The van der Waals surface area contributed by atoms with Crippen LogP contribution in [-0.2, 0) is 11.3 Å². The number of hydrazine groups is 1. The van der Waals surface area contributed by atoms with Crippen molar-refractivity contribution in [3.8, 4) is 0 Å². The molecule has 4 atom stereocenters. The van der Waals surface area contributed by atoms with Crippen molar-refractivity contribution < 1.29 is 4.79 Å². The van der Waals surface area contributed by atoms with E-state index in [4.69, 9.17) is 0 Å². The van der Waals surface area contributed by atoms with Gasteiger partial charge in [0.1, 0.15) is 6.04 Å². The zero-order valence-electron chi connectivity index (χ0n) is 13.5.